The van der Waals surface area contributed by atoms with Gasteiger partial charge in [-0.15, -0.1) is 0 Å². The van der Waals surface area contributed by atoms with Crippen molar-refractivity contribution in [3.8, 4) is 11.4 Å². The van der Waals surface area contributed by atoms with Gasteiger partial charge >= 0.3 is 5.69 Å². The van der Waals surface area contributed by atoms with Crippen molar-refractivity contribution in [1.82, 2.24) is 29.1 Å². The minimum absolute atomic E-state index is 0.364. The van der Waals surface area contributed by atoms with Gasteiger partial charge < -0.3 is 14.2 Å². The smallest absolute Gasteiger partial charge is 0.330 e. The van der Waals surface area contributed by atoms with E-state index < -0.39 is 11.2 Å². The number of ether oxygens (including phenoxy) is 1. The molecule has 10 nitrogen and oxygen atoms in total. The summed E-state index contributed by atoms with van der Waals surface area (Å²) in [5.74, 6) is 1.19. The second-order valence-corrected chi connectivity index (χ2v) is 6.80. The predicted octanol–water partition coefficient (Wildman–Crippen LogP) is 0.517. The molecule has 0 saturated carbocycles. The van der Waals surface area contributed by atoms with Crippen LogP contribution in [0.15, 0.2) is 22.0 Å². The fourth-order valence-corrected chi connectivity index (χ4v) is 3.39. The molecule has 0 atom stereocenters. The number of imidazole rings is 1. The number of morpholine rings is 1. The Balaban J connectivity index is 1.76. The van der Waals surface area contributed by atoms with Crippen LogP contribution < -0.4 is 16.1 Å². The third-order valence-electron chi connectivity index (χ3n) is 4.94. The first-order valence-electron chi connectivity index (χ1n) is 9.44. The number of unbranched alkanes of at least 4 members (excludes halogenated alkanes) is 1. The number of H-pyrrole nitrogens is 1. The van der Waals surface area contributed by atoms with Crippen molar-refractivity contribution in [2.75, 3.05) is 31.2 Å². The first-order valence-corrected chi connectivity index (χ1v) is 9.44. The molecule has 1 saturated heterocycles. The Kier molecular flexibility index (Phi) is 4.95. The number of aromatic nitrogens is 6. The summed E-state index contributed by atoms with van der Waals surface area (Å²) in [5.41, 5.74) is 0.555. The zero-order chi connectivity index (χ0) is 19.7. The van der Waals surface area contributed by atoms with Crippen LogP contribution in [0.1, 0.15) is 19.8 Å². The van der Waals surface area contributed by atoms with E-state index in [4.69, 9.17) is 4.74 Å². The molecule has 0 bridgehead atoms. The van der Waals surface area contributed by atoms with Crippen LogP contribution in [0.4, 0.5) is 5.95 Å². The number of anilines is 1. The molecule has 0 spiro atoms. The van der Waals surface area contributed by atoms with Gasteiger partial charge in [-0.05, 0) is 6.42 Å². The van der Waals surface area contributed by atoms with Crippen molar-refractivity contribution in [3.63, 3.8) is 0 Å². The Morgan fingerprint density at radius 1 is 1.18 bits per heavy atom. The molecule has 0 unspecified atom stereocenters. The van der Waals surface area contributed by atoms with Gasteiger partial charge in [0.15, 0.2) is 11.2 Å². The lowest BCUT2D eigenvalue weighted by atomic mass is 10.3. The van der Waals surface area contributed by atoms with Gasteiger partial charge in [0.2, 0.25) is 5.95 Å². The normalized spacial score (nSPS) is 14.7. The van der Waals surface area contributed by atoms with Crippen LogP contribution in [-0.2, 0) is 18.3 Å². The third kappa shape index (κ3) is 3.19. The molecule has 4 heterocycles. The largest absolute Gasteiger partial charge is 0.378 e. The summed E-state index contributed by atoms with van der Waals surface area (Å²) >= 11 is 0. The molecule has 28 heavy (non-hydrogen) atoms. The minimum Gasteiger partial charge on any atom is -0.378 e. The van der Waals surface area contributed by atoms with Crippen LogP contribution in [0.25, 0.3) is 22.6 Å². The lowest BCUT2D eigenvalue weighted by Crippen LogP contribution is -2.37. The topological polar surface area (TPSA) is 111 Å². The monoisotopic (exact) mass is 385 g/mol. The molecule has 0 aromatic carbocycles. The zero-order valence-electron chi connectivity index (χ0n) is 16.0. The summed E-state index contributed by atoms with van der Waals surface area (Å²) in [6.45, 7) is 5.38. The summed E-state index contributed by atoms with van der Waals surface area (Å²) < 4.78 is 8.56. The van der Waals surface area contributed by atoms with Gasteiger partial charge in [-0.2, -0.15) is 0 Å². The number of aryl methyl sites for hydroxylation is 2. The molecule has 1 aliphatic heterocycles. The molecule has 0 radical (unpaired) electrons. The van der Waals surface area contributed by atoms with Crippen LogP contribution in [0, 0.1) is 0 Å². The summed E-state index contributed by atoms with van der Waals surface area (Å²) in [4.78, 5) is 42.6. The minimum atomic E-state index is -0.445. The second kappa shape index (κ2) is 7.55. The highest BCUT2D eigenvalue weighted by molar-refractivity contribution is 5.76. The molecule has 148 valence electrons. The maximum Gasteiger partial charge on any atom is 0.330 e. The predicted molar refractivity (Wildman–Crippen MR) is 105 cm³/mol. The highest BCUT2D eigenvalue weighted by Crippen LogP contribution is 2.21. The Bertz CT molecular complexity index is 1090. The number of fused-ring (bicyclic) bond motifs is 1. The number of hydrogen-bond donors (Lipinski definition) is 1. The van der Waals surface area contributed by atoms with E-state index >= 15 is 0 Å². The fraction of sp³-hybridized carbons (Fsp3) is 0.500. The van der Waals surface area contributed by atoms with Crippen molar-refractivity contribution in [2.45, 2.75) is 26.3 Å². The van der Waals surface area contributed by atoms with Gasteiger partial charge in [0, 0.05) is 39.1 Å². The van der Waals surface area contributed by atoms with Gasteiger partial charge in [-0.25, -0.2) is 19.7 Å². The van der Waals surface area contributed by atoms with Crippen molar-refractivity contribution in [1.29, 1.82) is 0 Å². The average Bonchev–Trinajstić information content (AvgIpc) is 3.06. The van der Waals surface area contributed by atoms with E-state index in [-0.39, 0.29) is 0 Å². The van der Waals surface area contributed by atoms with Crippen molar-refractivity contribution >= 4 is 17.1 Å². The second-order valence-electron chi connectivity index (χ2n) is 6.80. The lowest BCUT2D eigenvalue weighted by Gasteiger charge is -2.26. The van der Waals surface area contributed by atoms with Gasteiger partial charge in [0.1, 0.15) is 5.82 Å². The number of hydrogen-bond acceptors (Lipinski definition) is 7. The summed E-state index contributed by atoms with van der Waals surface area (Å²) in [6, 6.07) is 0. The van der Waals surface area contributed by atoms with Gasteiger partial charge in [-0.1, -0.05) is 13.3 Å². The first-order chi connectivity index (χ1) is 13.6. The molecular weight excluding hydrogens is 362 g/mol. The Morgan fingerprint density at radius 2 is 1.89 bits per heavy atom. The van der Waals surface area contributed by atoms with E-state index in [1.807, 2.05) is 6.92 Å². The molecule has 3 aromatic heterocycles. The molecule has 10 heteroatoms. The Hall–Kier alpha value is -3.01. The molecule has 0 aliphatic carbocycles. The number of rotatable bonds is 5. The summed E-state index contributed by atoms with van der Waals surface area (Å²) in [7, 11) is 1.75. The van der Waals surface area contributed by atoms with E-state index in [0.29, 0.717) is 48.3 Å². The van der Waals surface area contributed by atoms with Crippen molar-refractivity contribution in [2.24, 2.45) is 7.05 Å². The Morgan fingerprint density at radius 3 is 2.57 bits per heavy atom. The molecule has 4 rings (SSSR count). The Labute approximate surface area is 160 Å². The van der Waals surface area contributed by atoms with E-state index in [1.165, 1.54) is 4.57 Å². The van der Waals surface area contributed by atoms with E-state index in [0.717, 1.165) is 25.9 Å². The van der Waals surface area contributed by atoms with Gasteiger partial charge in [0.25, 0.3) is 5.56 Å². The van der Waals surface area contributed by atoms with Crippen LogP contribution >= 0.6 is 0 Å². The maximum atomic E-state index is 12.4. The van der Waals surface area contributed by atoms with E-state index in [1.54, 1.807) is 24.0 Å². The number of nitrogens with one attached hydrogen (secondary N) is 1. The fourth-order valence-electron chi connectivity index (χ4n) is 3.39. The van der Waals surface area contributed by atoms with E-state index in [2.05, 4.69) is 24.8 Å². The average molecular weight is 385 g/mol. The molecule has 1 fully saturated rings. The maximum absolute atomic E-state index is 12.4. The van der Waals surface area contributed by atoms with Crippen LogP contribution in [0.3, 0.4) is 0 Å². The quantitative estimate of drug-likeness (QED) is 0.681. The number of nitrogens with zero attached hydrogens (tertiary/aromatic N) is 6. The number of aromatic amines is 1. The van der Waals surface area contributed by atoms with Gasteiger partial charge in [0.05, 0.1) is 18.8 Å². The molecular formula is C18H23N7O3. The van der Waals surface area contributed by atoms with Crippen molar-refractivity contribution < 1.29 is 4.74 Å². The standard InChI is InChI=1S/C18H23N7O3/c1-3-4-5-25-15-13(16(26)22-18(25)27)23(2)14(21-15)12-10-19-17(20-11-12)24-6-8-28-9-7-24/h10-11H,3-9H2,1-2H3,(H,22,26,27). The SMILES string of the molecule is CCCCn1c(=O)[nH]c(=O)c2c1nc(-c1cnc(N3CCOCC3)nc1)n2C. The summed E-state index contributed by atoms with van der Waals surface area (Å²) in [6.07, 6.45) is 5.15. The molecule has 3 aromatic rings. The summed E-state index contributed by atoms with van der Waals surface area (Å²) in [5, 5.41) is 0. The van der Waals surface area contributed by atoms with E-state index in [9.17, 15) is 9.59 Å². The van der Waals surface area contributed by atoms with Crippen molar-refractivity contribution in [3.05, 3.63) is 33.2 Å². The van der Waals surface area contributed by atoms with Crippen LogP contribution in [0.5, 0.6) is 0 Å². The zero-order valence-corrected chi connectivity index (χ0v) is 16.0. The highest BCUT2D eigenvalue weighted by Gasteiger charge is 2.19. The lowest BCUT2D eigenvalue weighted by molar-refractivity contribution is 0.122. The molecule has 0 amide bonds. The molecule has 1 N–H and O–H groups in total. The highest BCUT2D eigenvalue weighted by atomic mass is 16.5. The molecule has 1 aliphatic rings. The first kappa shape index (κ1) is 18.4. The third-order valence-corrected chi connectivity index (χ3v) is 4.94. The van der Waals surface area contributed by atoms with Crippen LogP contribution in [-0.4, -0.2) is 55.4 Å². The van der Waals surface area contributed by atoms with Gasteiger partial charge in [-0.3, -0.25) is 14.3 Å². The van der Waals surface area contributed by atoms with Crippen LogP contribution in [0.2, 0.25) is 0 Å².